The van der Waals surface area contributed by atoms with E-state index in [4.69, 9.17) is 43.0 Å². The lowest BCUT2D eigenvalue weighted by atomic mass is 9.87. The van der Waals surface area contributed by atoms with Gasteiger partial charge in [0, 0.05) is 4.47 Å². The maximum absolute atomic E-state index is 13.1. The Kier molecular flexibility index (Phi) is 28.1. The molecule has 4 heterocycles. The van der Waals surface area contributed by atoms with E-state index in [9.17, 15) is 59.7 Å². The van der Waals surface area contributed by atoms with Crippen molar-refractivity contribution in [2.75, 3.05) is 12.4 Å². The third-order valence-corrected chi connectivity index (χ3v) is 21.9. The molecule has 27 heteroatoms. The van der Waals surface area contributed by atoms with Crippen molar-refractivity contribution in [1.29, 1.82) is 0 Å². The van der Waals surface area contributed by atoms with E-state index >= 15 is 0 Å². The highest BCUT2D eigenvalue weighted by molar-refractivity contribution is 9.11. The number of phenols is 1. The molecule has 1 aliphatic carbocycles. The lowest BCUT2D eigenvalue weighted by Gasteiger charge is -2.29. The van der Waals surface area contributed by atoms with E-state index in [0.717, 1.165) is 43.2 Å². The van der Waals surface area contributed by atoms with E-state index in [-0.39, 0.29) is 78.6 Å². The lowest BCUT2D eigenvalue weighted by molar-refractivity contribution is -0.197. The standard InChI is InChI=1S/C18H19Br2F3O9S.C18H13OS.C13H18O5.C12H16O3.C12H22O2/c1-4-17(2,3)16(26)30-7-13(24)32-14-10(5-9(19)6-11(14)20)15(25)31-12(18(21,22)23)8-33(27,28)29;1-2-8-14(9-3-1)20-17-12-6-4-10-15(17)19-16-11-5-7-13-18(16)20;1-4-13(2,3)12(15)18-9-7-5-6-8(16-7)10(9)17-11(6)14;1-4-12(2,3)11(14)15-10-7-5-9(13)6-8-10;1-5-11(2,3)10(13)14-12(4)8-6-7-9-12/h5-6,12H,4,7-8H2,1-3H3,(H,27,28,29);1-13H;6-10H,4-5H2,1-3H3;5-8,13H,4H2,1-3H3;5-9H2,1-4H3/q;+1;;;/p-1. The Hall–Kier alpha value is -7.04. The van der Waals surface area contributed by atoms with Gasteiger partial charge in [0.1, 0.15) is 39.7 Å². The van der Waals surface area contributed by atoms with Gasteiger partial charge in [0.15, 0.2) is 41.0 Å². The number of carbonyl (C=O) groups is 7. The number of para-hydroxylation sites is 2. The number of aromatic hydroxyl groups is 1. The fourth-order valence-corrected chi connectivity index (χ4v) is 14.1. The second-order valence-electron chi connectivity index (χ2n) is 27.2. The number of fused-ring (bicyclic) bond motifs is 3. The van der Waals surface area contributed by atoms with Gasteiger partial charge < -0.3 is 52.3 Å². The van der Waals surface area contributed by atoms with Gasteiger partial charge in [0.2, 0.25) is 15.9 Å². The fourth-order valence-electron chi connectivity index (χ4n) is 9.89. The molecule has 1 saturated carbocycles. The third kappa shape index (κ3) is 22.0. The Balaban J connectivity index is 0.000000204. The highest BCUT2D eigenvalue weighted by atomic mass is 79.9. The summed E-state index contributed by atoms with van der Waals surface area (Å²) in [5.41, 5.74) is -3.08. The van der Waals surface area contributed by atoms with E-state index in [2.05, 4.69) is 98.1 Å². The molecule has 4 fully saturated rings. The summed E-state index contributed by atoms with van der Waals surface area (Å²) in [5, 5.41) is 9.06. The smallest absolute Gasteiger partial charge is 0.426 e. The van der Waals surface area contributed by atoms with Crippen molar-refractivity contribution in [3.8, 4) is 28.7 Å². The van der Waals surface area contributed by atoms with Gasteiger partial charge in [-0.3, -0.25) is 24.0 Å². The van der Waals surface area contributed by atoms with Crippen LogP contribution < -0.4 is 14.2 Å². The van der Waals surface area contributed by atoms with Crippen molar-refractivity contribution < 1.29 is 107 Å². The zero-order valence-corrected chi connectivity index (χ0v) is 62.9. The van der Waals surface area contributed by atoms with E-state index < -0.39 is 92.4 Å². The Morgan fingerprint density at radius 2 is 1.20 bits per heavy atom. The van der Waals surface area contributed by atoms with Crippen molar-refractivity contribution in [3.63, 3.8) is 0 Å². The van der Waals surface area contributed by atoms with Crippen LogP contribution >= 0.6 is 31.9 Å². The highest BCUT2D eigenvalue weighted by Gasteiger charge is 2.65. The first-order valence-corrected chi connectivity index (χ1v) is 37.0. The van der Waals surface area contributed by atoms with Gasteiger partial charge in [-0.2, -0.15) is 13.2 Å². The molecule has 5 aliphatic rings. The SMILES string of the molecule is CCC(C)(C)C(=O)OC1(C)CCCC1.CCC(C)(C)C(=O)OC1C2CC3C(=O)OC1C3O2.CCC(C)(C)C(=O)OCC(=O)Oc1c(Br)cc(Br)cc1C(=O)OC(CS(=O)(=O)[O-])C(F)(F)F.CCC(C)(C)C(=O)Oc1ccc(O)cc1.c1ccc([S+]2c3ccccc3Oc3ccccc32)cc1. The number of ether oxygens (including phenoxy) is 9. The molecule has 546 valence electrons. The van der Waals surface area contributed by atoms with E-state index in [1.165, 1.54) is 45.7 Å². The first-order chi connectivity index (χ1) is 46.6. The summed E-state index contributed by atoms with van der Waals surface area (Å²) < 4.78 is 119. The summed E-state index contributed by atoms with van der Waals surface area (Å²) >= 11 is 5.98. The van der Waals surface area contributed by atoms with Crippen LogP contribution in [0.25, 0.3) is 0 Å². The average Bonchev–Trinajstić information content (AvgIpc) is 1.47. The molecule has 3 saturated heterocycles. The summed E-state index contributed by atoms with van der Waals surface area (Å²) in [5.74, 6) is -4.55. The van der Waals surface area contributed by atoms with Crippen molar-refractivity contribution in [3.05, 3.63) is 130 Å². The van der Waals surface area contributed by atoms with Gasteiger partial charge in [0.05, 0.1) is 54.0 Å². The first kappa shape index (κ1) is 81.9. The number of alkyl halides is 3. The normalized spacial score (nSPS) is 19.0. The number of phenolic OH excluding ortho intramolecular Hbond substituents is 1. The molecular weight excluding hydrogens is 1480 g/mol. The Morgan fingerprint density at radius 1 is 0.690 bits per heavy atom. The molecule has 5 aromatic rings. The molecule has 6 atom stereocenters. The van der Waals surface area contributed by atoms with Crippen molar-refractivity contribution in [2.45, 2.75) is 205 Å². The summed E-state index contributed by atoms with van der Waals surface area (Å²) in [6.07, 6.45) is -2.08. The van der Waals surface area contributed by atoms with Gasteiger partial charge in [-0.1, -0.05) is 86.1 Å². The van der Waals surface area contributed by atoms with Crippen molar-refractivity contribution in [2.24, 2.45) is 27.6 Å². The van der Waals surface area contributed by atoms with Crippen LogP contribution in [0, 0.1) is 27.6 Å². The number of carbonyl (C=O) groups excluding carboxylic acids is 7. The fraction of sp³-hybridized carbons (Fsp3) is 0.493. The van der Waals surface area contributed by atoms with Gasteiger partial charge in [-0.15, -0.1) is 0 Å². The van der Waals surface area contributed by atoms with Crippen molar-refractivity contribution >= 4 is 94.7 Å². The topological polar surface area (TPSA) is 280 Å². The number of hydrogen-bond acceptors (Lipinski definition) is 20. The molecule has 0 radical (unpaired) electrons. The molecule has 20 nitrogen and oxygen atoms in total. The molecule has 6 unspecified atom stereocenters. The number of benzene rings is 5. The van der Waals surface area contributed by atoms with Crippen LogP contribution in [-0.2, 0) is 78.2 Å². The summed E-state index contributed by atoms with van der Waals surface area (Å²) in [7, 11) is -5.49. The summed E-state index contributed by atoms with van der Waals surface area (Å²) in [6.45, 7) is 23.3. The van der Waals surface area contributed by atoms with Gasteiger partial charge >= 0.3 is 48.0 Å². The monoisotopic (exact) mass is 1560 g/mol. The second kappa shape index (κ2) is 34.3. The number of esters is 7. The van der Waals surface area contributed by atoms with Crippen LogP contribution in [0.2, 0.25) is 0 Å². The second-order valence-corrected chi connectivity index (χ2v) is 32.4. The van der Waals surface area contributed by atoms with Gasteiger partial charge in [-0.05, 0) is 209 Å². The predicted octanol–water partition coefficient (Wildman–Crippen LogP) is 15.7. The third-order valence-electron chi connectivity index (χ3n) is 17.9. The summed E-state index contributed by atoms with van der Waals surface area (Å²) in [6, 6.07) is 35.7. The van der Waals surface area contributed by atoms with E-state index in [0.29, 0.717) is 25.0 Å². The summed E-state index contributed by atoms with van der Waals surface area (Å²) in [4.78, 5) is 87.4. The molecule has 0 amide bonds. The molecule has 1 N–H and O–H groups in total. The van der Waals surface area contributed by atoms with E-state index in [1.54, 1.807) is 32.9 Å². The number of rotatable bonds is 19. The maximum atomic E-state index is 13.1. The maximum Gasteiger partial charge on any atom is 0.426 e. The molecule has 10 rings (SSSR count). The highest BCUT2D eigenvalue weighted by Crippen LogP contribution is 2.49. The van der Waals surface area contributed by atoms with Crippen LogP contribution in [-0.4, -0.2) is 115 Å². The molecule has 0 spiro atoms. The first-order valence-electron chi connectivity index (χ1n) is 32.6. The zero-order valence-electron chi connectivity index (χ0n) is 58.1. The Labute approximate surface area is 601 Å². The number of hydrogen-bond donors (Lipinski definition) is 1. The van der Waals surface area contributed by atoms with Crippen LogP contribution in [0.3, 0.4) is 0 Å². The van der Waals surface area contributed by atoms with Crippen LogP contribution in [0.4, 0.5) is 13.2 Å². The molecule has 2 bridgehead atoms. The van der Waals surface area contributed by atoms with Crippen LogP contribution in [0.15, 0.2) is 139 Å². The molecule has 100 heavy (non-hydrogen) atoms. The minimum atomic E-state index is -5.41. The predicted molar refractivity (Wildman–Crippen MR) is 369 cm³/mol. The van der Waals surface area contributed by atoms with Crippen molar-refractivity contribution in [1.82, 2.24) is 0 Å². The Bertz CT molecular complexity index is 3770. The lowest BCUT2D eigenvalue weighted by Crippen LogP contribution is -2.42. The van der Waals surface area contributed by atoms with E-state index in [1.807, 2.05) is 86.6 Å². The number of halogens is 5. The molecule has 0 aromatic heterocycles. The minimum Gasteiger partial charge on any atom is -0.748 e. The van der Waals surface area contributed by atoms with Gasteiger partial charge in [-0.25, -0.2) is 18.0 Å². The van der Waals surface area contributed by atoms with Crippen LogP contribution in [0.5, 0.6) is 28.7 Å². The largest absolute Gasteiger partial charge is 0.748 e. The van der Waals surface area contributed by atoms with Gasteiger partial charge in [0.25, 0.3) is 0 Å². The quantitative estimate of drug-likeness (QED) is 0.0259. The average molecular weight is 1570 g/mol. The zero-order chi connectivity index (χ0) is 74.5. The molecule has 4 aliphatic heterocycles. The minimum absolute atomic E-state index is 0.0376. The molecular formula is C73H87Br2F3O20S2. The Morgan fingerprint density at radius 3 is 1.73 bits per heavy atom. The molecule has 5 aromatic carbocycles. The van der Waals surface area contributed by atoms with Crippen LogP contribution in [0.1, 0.15) is 158 Å².